The highest BCUT2D eigenvalue weighted by Crippen LogP contribution is 2.34. The van der Waals surface area contributed by atoms with E-state index in [-0.39, 0.29) is 6.54 Å². The van der Waals surface area contributed by atoms with Crippen LogP contribution in [0.3, 0.4) is 0 Å². The van der Waals surface area contributed by atoms with Crippen LogP contribution in [0.4, 0.5) is 10.5 Å². The van der Waals surface area contributed by atoms with Crippen LogP contribution in [0.2, 0.25) is 5.02 Å². The zero-order valence-corrected chi connectivity index (χ0v) is 20.9. The van der Waals surface area contributed by atoms with E-state index in [1.54, 1.807) is 12.1 Å². The molecule has 1 N–H and O–H groups in total. The fraction of sp³-hybridized carbons (Fsp3) is 0.192. The molecule has 0 aliphatic carbocycles. The Morgan fingerprint density at radius 2 is 1.71 bits per heavy atom. The lowest BCUT2D eigenvalue weighted by Crippen LogP contribution is -2.36. The molecule has 34 heavy (non-hydrogen) atoms. The lowest BCUT2D eigenvalue weighted by atomic mass is 10.1. The summed E-state index contributed by atoms with van der Waals surface area (Å²) in [4.78, 5) is 39.2. The summed E-state index contributed by atoms with van der Waals surface area (Å²) in [5.74, 6) is -0.894. The number of hydrogen-bond acceptors (Lipinski definition) is 4. The number of carbonyl (C=O) groups is 3. The number of carbonyl (C=O) groups excluding carboxylic acids is 3. The molecule has 0 atom stereocenters. The Balaban J connectivity index is 1.52. The summed E-state index contributed by atoms with van der Waals surface area (Å²) in [6.45, 7) is 7.53. The molecule has 1 fully saturated rings. The van der Waals surface area contributed by atoms with Crippen molar-refractivity contribution in [3.8, 4) is 5.69 Å². The maximum atomic E-state index is 12.9. The molecule has 2 heterocycles. The summed E-state index contributed by atoms with van der Waals surface area (Å²) < 4.78 is 2.06. The van der Waals surface area contributed by atoms with Gasteiger partial charge in [-0.2, -0.15) is 0 Å². The zero-order chi connectivity index (χ0) is 24.6. The zero-order valence-electron chi connectivity index (χ0n) is 19.3. The topological polar surface area (TPSA) is 71.4 Å². The average molecular weight is 494 g/mol. The minimum absolute atomic E-state index is 0.292. The maximum absolute atomic E-state index is 12.9. The van der Waals surface area contributed by atoms with Gasteiger partial charge in [0.25, 0.3) is 11.1 Å². The highest BCUT2D eigenvalue weighted by molar-refractivity contribution is 8.18. The maximum Gasteiger partial charge on any atom is 0.294 e. The van der Waals surface area contributed by atoms with Crippen LogP contribution in [0, 0.1) is 27.7 Å². The molecule has 3 aromatic rings. The lowest BCUT2D eigenvalue weighted by molar-refractivity contribution is -0.127. The summed E-state index contributed by atoms with van der Waals surface area (Å²) >= 11 is 6.85. The van der Waals surface area contributed by atoms with Crippen molar-refractivity contribution in [2.75, 3.05) is 11.9 Å². The van der Waals surface area contributed by atoms with Gasteiger partial charge in [-0.3, -0.25) is 19.3 Å². The van der Waals surface area contributed by atoms with Crippen molar-refractivity contribution >= 4 is 52.2 Å². The molecule has 0 spiro atoms. The molecule has 1 aliphatic heterocycles. The van der Waals surface area contributed by atoms with Gasteiger partial charge < -0.3 is 9.88 Å². The first-order valence-corrected chi connectivity index (χ1v) is 11.9. The number of nitrogens with one attached hydrogen (secondary N) is 1. The number of aromatic nitrogens is 1. The molecule has 1 saturated heterocycles. The molecule has 0 saturated carbocycles. The number of halogens is 1. The number of imide groups is 1. The molecule has 8 heteroatoms. The minimum atomic E-state index is -0.471. The molecule has 0 radical (unpaired) electrons. The third-order valence-electron chi connectivity index (χ3n) is 5.81. The number of nitrogens with zero attached hydrogens (tertiary/aromatic N) is 2. The van der Waals surface area contributed by atoms with Crippen LogP contribution in [0.1, 0.15) is 28.1 Å². The Morgan fingerprint density at radius 1 is 1.00 bits per heavy atom. The van der Waals surface area contributed by atoms with E-state index in [4.69, 9.17) is 11.6 Å². The first kappa shape index (κ1) is 23.9. The molecular formula is C26H24ClN3O3S. The quantitative estimate of drug-likeness (QED) is 0.440. The van der Waals surface area contributed by atoms with E-state index < -0.39 is 17.1 Å². The van der Waals surface area contributed by atoms with E-state index >= 15 is 0 Å². The Morgan fingerprint density at radius 3 is 2.38 bits per heavy atom. The van der Waals surface area contributed by atoms with Gasteiger partial charge in [-0.15, -0.1) is 0 Å². The van der Waals surface area contributed by atoms with Gasteiger partial charge in [-0.25, -0.2) is 0 Å². The van der Waals surface area contributed by atoms with Crippen molar-refractivity contribution in [2.24, 2.45) is 0 Å². The number of hydrogen-bond donors (Lipinski definition) is 1. The van der Waals surface area contributed by atoms with Crippen LogP contribution in [0.25, 0.3) is 11.8 Å². The standard InChI is InChI=1S/C26H24ClN3O3S/c1-15-5-8-21(11-16(15)2)28-24(31)14-29-25(32)23(34-26(29)33)13-19-12-17(3)30(18(19)4)22-9-6-20(27)7-10-22/h5-13H,14H2,1-4H3,(H,28,31)/b23-13-. The Hall–Kier alpha value is -3.29. The summed E-state index contributed by atoms with van der Waals surface area (Å²) in [5, 5.41) is 2.95. The van der Waals surface area contributed by atoms with Crippen molar-refractivity contribution in [3.63, 3.8) is 0 Å². The van der Waals surface area contributed by atoms with Crippen LogP contribution >= 0.6 is 23.4 Å². The van der Waals surface area contributed by atoms with Crippen LogP contribution in [0.5, 0.6) is 0 Å². The normalized spacial score (nSPS) is 14.9. The fourth-order valence-electron chi connectivity index (χ4n) is 3.86. The highest BCUT2D eigenvalue weighted by atomic mass is 35.5. The van der Waals surface area contributed by atoms with Crippen molar-refractivity contribution in [2.45, 2.75) is 27.7 Å². The fourth-order valence-corrected chi connectivity index (χ4v) is 4.82. The Kier molecular flexibility index (Phi) is 6.68. The van der Waals surface area contributed by atoms with Gasteiger partial charge in [0.2, 0.25) is 5.91 Å². The predicted molar refractivity (Wildman–Crippen MR) is 137 cm³/mol. The third-order valence-corrected chi connectivity index (χ3v) is 6.97. The van der Waals surface area contributed by atoms with E-state index in [0.717, 1.165) is 50.4 Å². The molecule has 2 aromatic carbocycles. The van der Waals surface area contributed by atoms with Crippen molar-refractivity contribution in [3.05, 3.63) is 86.5 Å². The summed E-state index contributed by atoms with van der Waals surface area (Å²) in [6.07, 6.45) is 1.71. The molecule has 174 valence electrons. The van der Waals surface area contributed by atoms with Crippen LogP contribution in [-0.4, -0.2) is 33.1 Å². The van der Waals surface area contributed by atoms with E-state index in [1.165, 1.54) is 0 Å². The average Bonchev–Trinajstić information content (AvgIpc) is 3.21. The first-order chi connectivity index (χ1) is 16.1. The number of anilines is 1. The van der Waals surface area contributed by atoms with Crippen LogP contribution in [0.15, 0.2) is 53.4 Å². The third kappa shape index (κ3) is 4.81. The van der Waals surface area contributed by atoms with Crippen LogP contribution in [-0.2, 0) is 9.59 Å². The number of benzene rings is 2. The summed E-state index contributed by atoms with van der Waals surface area (Å²) in [7, 11) is 0. The van der Waals surface area contributed by atoms with Gasteiger partial charge in [0.15, 0.2) is 0 Å². The second-order valence-electron chi connectivity index (χ2n) is 8.25. The van der Waals surface area contributed by atoms with E-state index in [0.29, 0.717) is 15.6 Å². The second kappa shape index (κ2) is 9.52. The summed E-state index contributed by atoms with van der Waals surface area (Å²) in [6, 6.07) is 15.0. The highest BCUT2D eigenvalue weighted by Gasteiger charge is 2.36. The van der Waals surface area contributed by atoms with Crippen molar-refractivity contribution in [1.29, 1.82) is 0 Å². The number of rotatable bonds is 5. The smallest absolute Gasteiger partial charge is 0.294 e. The predicted octanol–water partition coefficient (Wildman–Crippen LogP) is 6.04. The molecule has 0 unspecified atom stereocenters. The van der Waals surface area contributed by atoms with Gasteiger partial charge in [0, 0.05) is 27.8 Å². The molecular weight excluding hydrogens is 470 g/mol. The van der Waals surface area contributed by atoms with Gasteiger partial charge in [0.1, 0.15) is 6.54 Å². The Labute approximate surface area is 207 Å². The minimum Gasteiger partial charge on any atom is -0.325 e. The largest absolute Gasteiger partial charge is 0.325 e. The van der Waals surface area contributed by atoms with Gasteiger partial charge in [0.05, 0.1) is 4.91 Å². The molecule has 0 bridgehead atoms. The Bertz CT molecular complexity index is 1340. The molecule has 1 aliphatic rings. The SMILES string of the molecule is Cc1ccc(NC(=O)CN2C(=O)S/C(=C\c3cc(C)n(-c4ccc(Cl)cc4)c3C)C2=O)cc1C. The van der Waals surface area contributed by atoms with E-state index in [2.05, 4.69) is 9.88 Å². The number of amides is 3. The lowest BCUT2D eigenvalue weighted by Gasteiger charge is -2.13. The number of thioether (sulfide) groups is 1. The van der Waals surface area contributed by atoms with Crippen molar-refractivity contribution in [1.82, 2.24) is 9.47 Å². The summed E-state index contributed by atoms with van der Waals surface area (Å²) in [5.41, 5.74) is 6.49. The van der Waals surface area contributed by atoms with Gasteiger partial charge in [-0.05, 0) is 105 Å². The number of aryl methyl sites for hydroxylation is 3. The second-order valence-corrected chi connectivity index (χ2v) is 9.68. The molecule has 6 nitrogen and oxygen atoms in total. The van der Waals surface area contributed by atoms with Gasteiger partial charge in [-0.1, -0.05) is 17.7 Å². The van der Waals surface area contributed by atoms with Gasteiger partial charge >= 0.3 is 0 Å². The van der Waals surface area contributed by atoms with E-state index in [9.17, 15) is 14.4 Å². The monoisotopic (exact) mass is 493 g/mol. The molecule has 3 amide bonds. The first-order valence-electron chi connectivity index (χ1n) is 10.7. The van der Waals surface area contributed by atoms with E-state index in [1.807, 2.05) is 70.2 Å². The molecule has 1 aromatic heterocycles. The van der Waals surface area contributed by atoms with Crippen molar-refractivity contribution < 1.29 is 14.4 Å². The van der Waals surface area contributed by atoms with Crippen LogP contribution < -0.4 is 5.32 Å². The molecule has 4 rings (SSSR count).